The van der Waals surface area contributed by atoms with Crippen molar-refractivity contribution >= 4 is 51.8 Å². The van der Waals surface area contributed by atoms with Gasteiger partial charge in [-0.1, -0.05) is 35.9 Å². The van der Waals surface area contributed by atoms with Gasteiger partial charge in [-0.2, -0.15) is 0 Å². The molecule has 0 radical (unpaired) electrons. The fraction of sp³-hybridized carbons (Fsp3) is 0.0345. The minimum Gasteiger partial charge on any atom is -0.397 e. The lowest BCUT2D eigenvalue weighted by atomic mass is 9.97. The molecule has 188 valence electrons. The number of nitrogen functional groups attached to an aromatic ring is 1. The van der Waals surface area contributed by atoms with E-state index < -0.39 is 11.6 Å². The Hall–Kier alpha value is -4.95. The van der Waals surface area contributed by atoms with Gasteiger partial charge in [0.2, 0.25) is 11.6 Å². The first kappa shape index (κ1) is 24.7. The Balaban J connectivity index is 1.19. The van der Waals surface area contributed by atoms with Crippen LogP contribution in [-0.2, 0) is 6.54 Å². The molecule has 8 nitrogen and oxygen atoms in total. The molecule has 0 aliphatic heterocycles. The molecule has 0 spiro atoms. The third-order valence-corrected chi connectivity index (χ3v) is 6.35. The Morgan fingerprint density at radius 2 is 1.55 bits per heavy atom. The molecule has 1 aliphatic carbocycles. The first-order chi connectivity index (χ1) is 18.4. The molecule has 1 aromatic heterocycles. The van der Waals surface area contributed by atoms with Crippen LogP contribution in [0.15, 0.2) is 102 Å². The van der Waals surface area contributed by atoms with Crippen molar-refractivity contribution in [3.8, 4) is 0 Å². The Morgan fingerprint density at radius 3 is 2.29 bits per heavy atom. The van der Waals surface area contributed by atoms with Gasteiger partial charge in [0.05, 0.1) is 16.9 Å². The summed E-state index contributed by atoms with van der Waals surface area (Å²) in [5.41, 5.74) is 10.2. The number of fused-ring (bicyclic) bond motifs is 1. The number of aromatic nitrogens is 1. The zero-order valence-corrected chi connectivity index (χ0v) is 20.8. The lowest BCUT2D eigenvalue weighted by molar-refractivity contribution is 0.0978. The molecule has 1 aliphatic rings. The maximum Gasteiger partial charge on any atom is 0.255 e. The number of halogens is 1. The predicted molar refractivity (Wildman–Crippen MR) is 148 cm³/mol. The number of carbonyl (C=O) groups excluding carboxylic acids is 3. The molecule has 0 saturated heterocycles. The van der Waals surface area contributed by atoms with Crippen molar-refractivity contribution in [3.63, 3.8) is 0 Å². The van der Waals surface area contributed by atoms with Gasteiger partial charge in [-0.05, 0) is 66.2 Å². The molecular weight excluding hydrogens is 502 g/mol. The van der Waals surface area contributed by atoms with Crippen LogP contribution in [0.2, 0.25) is 0 Å². The van der Waals surface area contributed by atoms with Crippen molar-refractivity contribution in [1.82, 2.24) is 4.98 Å². The van der Waals surface area contributed by atoms with Crippen LogP contribution in [0.25, 0.3) is 0 Å². The molecule has 1 heterocycles. The SMILES string of the molecule is Nc1ccccc1NC(=O)c1ccc(CNc2ccc(NC3=C(Cl)C(=O)c4cccnc4C3=O)cc2)cc1. The fourth-order valence-electron chi connectivity index (χ4n) is 3.93. The number of nitrogens with zero attached hydrogens (tertiary/aromatic N) is 1. The second-order valence-electron chi connectivity index (χ2n) is 8.54. The predicted octanol–water partition coefficient (Wildman–Crippen LogP) is 5.47. The molecule has 0 fully saturated rings. The summed E-state index contributed by atoms with van der Waals surface area (Å²) in [5, 5.41) is 8.91. The van der Waals surface area contributed by atoms with Crippen LogP contribution in [0.3, 0.4) is 0 Å². The monoisotopic (exact) mass is 523 g/mol. The standard InChI is InChI=1S/C29H22ClN5O3/c30-24-26(28(37)25-21(27(24)36)4-3-15-32-25)34-20-13-11-19(12-14-20)33-16-17-7-9-18(10-8-17)29(38)35-23-6-2-1-5-22(23)31/h1-15,33-34H,16,31H2,(H,35,38). The normalized spacial score (nSPS) is 12.7. The van der Waals surface area contributed by atoms with Gasteiger partial charge in [-0.3, -0.25) is 19.4 Å². The summed E-state index contributed by atoms with van der Waals surface area (Å²) in [7, 11) is 0. The number of nitrogens with one attached hydrogen (secondary N) is 3. The van der Waals surface area contributed by atoms with Crippen LogP contribution < -0.4 is 21.7 Å². The molecule has 0 atom stereocenters. The van der Waals surface area contributed by atoms with Gasteiger partial charge < -0.3 is 21.7 Å². The van der Waals surface area contributed by atoms with E-state index in [9.17, 15) is 14.4 Å². The average Bonchev–Trinajstić information content (AvgIpc) is 2.95. The van der Waals surface area contributed by atoms with Crippen LogP contribution in [0.4, 0.5) is 22.7 Å². The van der Waals surface area contributed by atoms with E-state index in [1.54, 1.807) is 48.5 Å². The fourth-order valence-corrected chi connectivity index (χ4v) is 4.16. The minimum atomic E-state index is -0.442. The van der Waals surface area contributed by atoms with Crippen molar-refractivity contribution in [2.24, 2.45) is 0 Å². The second kappa shape index (κ2) is 10.6. The first-order valence-corrected chi connectivity index (χ1v) is 12.1. The molecule has 5 rings (SSSR count). The van der Waals surface area contributed by atoms with Gasteiger partial charge in [-0.25, -0.2) is 0 Å². The van der Waals surface area contributed by atoms with Gasteiger partial charge in [-0.15, -0.1) is 0 Å². The number of amides is 1. The Labute approximate surface area is 223 Å². The molecule has 0 bridgehead atoms. The van der Waals surface area contributed by atoms with E-state index in [0.717, 1.165) is 11.3 Å². The quantitative estimate of drug-likeness (QED) is 0.237. The number of anilines is 4. The molecule has 38 heavy (non-hydrogen) atoms. The summed E-state index contributed by atoms with van der Waals surface area (Å²) in [6, 6.07) is 24.7. The van der Waals surface area contributed by atoms with E-state index in [-0.39, 0.29) is 27.9 Å². The van der Waals surface area contributed by atoms with Crippen LogP contribution in [0.5, 0.6) is 0 Å². The highest BCUT2D eigenvalue weighted by Gasteiger charge is 2.32. The maximum absolute atomic E-state index is 12.8. The topological polar surface area (TPSA) is 126 Å². The van der Waals surface area contributed by atoms with Crippen molar-refractivity contribution in [2.75, 3.05) is 21.7 Å². The lowest BCUT2D eigenvalue weighted by Crippen LogP contribution is -2.25. The van der Waals surface area contributed by atoms with E-state index in [0.29, 0.717) is 29.2 Å². The summed E-state index contributed by atoms with van der Waals surface area (Å²) in [5.74, 6) is -1.11. The van der Waals surface area contributed by atoms with E-state index >= 15 is 0 Å². The summed E-state index contributed by atoms with van der Waals surface area (Å²) < 4.78 is 0. The number of hydrogen-bond acceptors (Lipinski definition) is 7. The number of Topliss-reactive ketones (excluding diaryl/α,β-unsaturated/α-hetero) is 2. The molecule has 0 saturated carbocycles. The number of pyridine rings is 1. The molecular formula is C29H22ClN5O3. The third kappa shape index (κ3) is 5.11. The van der Waals surface area contributed by atoms with E-state index in [2.05, 4.69) is 20.9 Å². The maximum atomic E-state index is 12.8. The molecule has 0 unspecified atom stereocenters. The number of para-hydroxylation sites is 2. The molecule has 5 N–H and O–H groups in total. The highest BCUT2D eigenvalue weighted by Crippen LogP contribution is 2.28. The van der Waals surface area contributed by atoms with Crippen LogP contribution in [0, 0.1) is 0 Å². The van der Waals surface area contributed by atoms with Gasteiger partial charge in [0, 0.05) is 29.7 Å². The lowest BCUT2D eigenvalue weighted by Gasteiger charge is -2.18. The zero-order valence-electron chi connectivity index (χ0n) is 20.0. The van der Waals surface area contributed by atoms with Crippen molar-refractivity contribution in [1.29, 1.82) is 0 Å². The van der Waals surface area contributed by atoms with E-state index in [1.807, 2.05) is 30.3 Å². The Morgan fingerprint density at radius 1 is 0.842 bits per heavy atom. The first-order valence-electron chi connectivity index (χ1n) is 11.7. The largest absolute Gasteiger partial charge is 0.397 e. The summed E-state index contributed by atoms with van der Waals surface area (Å²) in [4.78, 5) is 41.9. The van der Waals surface area contributed by atoms with Gasteiger partial charge in [0.25, 0.3) is 5.91 Å². The number of allylic oxidation sites excluding steroid dienone is 2. The highest BCUT2D eigenvalue weighted by molar-refractivity contribution is 6.50. The number of hydrogen-bond donors (Lipinski definition) is 4. The van der Waals surface area contributed by atoms with Crippen molar-refractivity contribution in [3.05, 3.63) is 124 Å². The zero-order chi connectivity index (χ0) is 26.6. The van der Waals surface area contributed by atoms with Crippen molar-refractivity contribution < 1.29 is 14.4 Å². The summed E-state index contributed by atoms with van der Waals surface area (Å²) in [6.45, 7) is 0.534. The van der Waals surface area contributed by atoms with Crippen LogP contribution in [-0.4, -0.2) is 22.5 Å². The number of rotatable bonds is 7. The van der Waals surface area contributed by atoms with E-state index in [4.69, 9.17) is 17.3 Å². The molecule has 1 amide bonds. The number of ketones is 2. The van der Waals surface area contributed by atoms with Gasteiger partial charge in [0.15, 0.2) is 0 Å². The van der Waals surface area contributed by atoms with Crippen molar-refractivity contribution in [2.45, 2.75) is 6.54 Å². The van der Waals surface area contributed by atoms with Crippen LogP contribution in [0.1, 0.15) is 36.8 Å². The molecule has 3 aromatic carbocycles. The van der Waals surface area contributed by atoms with Gasteiger partial charge in [0.1, 0.15) is 16.4 Å². The Kier molecular flexibility index (Phi) is 6.88. The summed E-state index contributed by atoms with van der Waals surface area (Å²) in [6.07, 6.45) is 1.46. The highest BCUT2D eigenvalue weighted by atomic mass is 35.5. The summed E-state index contributed by atoms with van der Waals surface area (Å²) >= 11 is 6.21. The minimum absolute atomic E-state index is 0.00246. The number of nitrogens with two attached hydrogens (primary N) is 1. The second-order valence-corrected chi connectivity index (χ2v) is 8.92. The third-order valence-electron chi connectivity index (χ3n) is 5.99. The molecule has 4 aromatic rings. The molecule has 9 heteroatoms. The smallest absolute Gasteiger partial charge is 0.255 e. The number of benzene rings is 3. The number of carbonyl (C=O) groups is 3. The van der Waals surface area contributed by atoms with Crippen LogP contribution >= 0.6 is 11.6 Å². The van der Waals surface area contributed by atoms with E-state index in [1.165, 1.54) is 12.3 Å². The Bertz CT molecular complexity index is 1580. The average molecular weight is 524 g/mol. The van der Waals surface area contributed by atoms with Gasteiger partial charge >= 0.3 is 0 Å².